The maximum atomic E-state index is 12.4. The fourth-order valence-corrected chi connectivity index (χ4v) is 2.75. The third-order valence-corrected chi connectivity index (χ3v) is 3.88. The van der Waals surface area contributed by atoms with E-state index in [4.69, 9.17) is 17.3 Å². The molecule has 1 amide bonds. The van der Waals surface area contributed by atoms with Gasteiger partial charge < -0.3 is 10.6 Å². The molecular formula is C15H17ClN4O. The van der Waals surface area contributed by atoms with Crippen molar-refractivity contribution in [1.29, 1.82) is 0 Å². The molecule has 110 valence electrons. The number of benzene rings is 1. The fourth-order valence-electron chi connectivity index (χ4n) is 2.57. The lowest BCUT2D eigenvalue weighted by Crippen LogP contribution is -2.45. The molecule has 2 heterocycles. The minimum Gasteiger partial charge on any atom is -0.337 e. The Labute approximate surface area is 128 Å². The predicted molar refractivity (Wildman–Crippen MR) is 81.7 cm³/mol. The van der Waals surface area contributed by atoms with Crippen LogP contribution in [0.4, 0.5) is 0 Å². The van der Waals surface area contributed by atoms with Crippen LogP contribution >= 0.6 is 11.6 Å². The minimum atomic E-state index is -0.0153. The summed E-state index contributed by atoms with van der Waals surface area (Å²) in [5.41, 5.74) is 7.33. The molecule has 0 bridgehead atoms. The molecule has 2 aromatic rings. The fraction of sp³-hybridized carbons (Fsp3) is 0.333. The molecule has 1 atom stereocenters. The van der Waals surface area contributed by atoms with Gasteiger partial charge in [-0.25, -0.2) is 4.68 Å². The average molecular weight is 305 g/mol. The van der Waals surface area contributed by atoms with Crippen molar-refractivity contribution in [2.75, 3.05) is 13.1 Å². The number of carbonyl (C=O) groups excluding carboxylic acids is 1. The van der Waals surface area contributed by atoms with Gasteiger partial charge >= 0.3 is 0 Å². The van der Waals surface area contributed by atoms with Gasteiger partial charge in [-0.15, -0.1) is 0 Å². The van der Waals surface area contributed by atoms with E-state index in [1.165, 1.54) is 0 Å². The standard InChI is InChI=1S/C15H17ClN4O/c16-12-3-1-5-14(7-12)20-9-11(8-18-20)15(21)19-6-2-4-13(17)10-19/h1,3,5,7-9,13H,2,4,6,10,17H2. The van der Waals surface area contributed by atoms with Crippen LogP contribution in [0.5, 0.6) is 0 Å². The summed E-state index contributed by atoms with van der Waals surface area (Å²) in [6.07, 6.45) is 5.25. The molecule has 0 saturated carbocycles. The highest BCUT2D eigenvalue weighted by atomic mass is 35.5. The van der Waals surface area contributed by atoms with E-state index in [9.17, 15) is 4.79 Å². The van der Waals surface area contributed by atoms with Crippen molar-refractivity contribution in [3.05, 3.63) is 47.2 Å². The molecule has 3 rings (SSSR count). The van der Waals surface area contributed by atoms with Gasteiger partial charge in [0.15, 0.2) is 0 Å². The van der Waals surface area contributed by atoms with E-state index < -0.39 is 0 Å². The molecule has 5 nitrogen and oxygen atoms in total. The Bertz CT molecular complexity index is 655. The molecule has 1 fully saturated rings. The molecule has 0 aliphatic carbocycles. The molecule has 6 heteroatoms. The van der Waals surface area contributed by atoms with Crippen molar-refractivity contribution < 1.29 is 4.79 Å². The van der Waals surface area contributed by atoms with Crippen molar-refractivity contribution in [2.45, 2.75) is 18.9 Å². The summed E-state index contributed by atoms with van der Waals surface area (Å²) >= 11 is 5.97. The molecule has 1 unspecified atom stereocenters. The van der Waals surface area contributed by atoms with Gasteiger partial charge in [0.2, 0.25) is 0 Å². The maximum absolute atomic E-state index is 12.4. The number of rotatable bonds is 2. The Morgan fingerprint density at radius 1 is 1.43 bits per heavy atom. The molecule has 21 heavy (non-hydrogen) atoms. The van der Waals surface area contributed by atoms with E-state index >= 15 is 0 Å². The zero-order valence-corrected chi connectivity index (χ0v) is 12.3. The van der Waals surface area contributed by atoms with Crippen LogP contribution in [0.25, 0.3) is 5.69 Å². The van der Waals surface area contributed by atoms with Crippen LogP contribution in [0.1, 0.15) is 23.2 Å². The first kappa shape index (κ1) is 14.1. The number of aromatic nitrogens is 2. The number of amides is 1. The predicted octanol–water partition coefficient (Wildman–Crippen LogP) is 2.09. The van der Waals surface area contributed by atoms with Gasteiger partial charge in [0.25, 0.3) is 5.91 Å². The number of likely N-dealkylation sites (tertiary alicyclic amines) is 1. The summed E-state index contributed by atoms with van der Waals surface area (Å²) in [5, 5.41) is 4.88. The van der Waals surface area contributed by atoms with Gasteiger partial charge in [-0.2, -0.15) is 5.10 Å². The lowest BCUT2D eigenvalue weighted by atomic mass is 10.1. The Morgan fingerprint density at radius 3 is 3.05 bits per heavy atom. The van der Waals surface area contributed by atoms with Crippen molar-refractivity contribution in [1.82, 2.24) is 14.7 Å². The highest BCUT2D eigenvalue weighted by Gasteiger charge is 2.23. The van der Waals surface area contributed by atoms with Gasteiger partial charge in [0, 0.05) is 30.4 Å². The number of hydrogen-bond donors (Lipinski definition) is 1. The molecule has 1 saturated heterocycles. The average Bonchev–Trinajstić information content (AvgIpc) is 2.96. The van der Waals surface area contributed by atoms with Gasteiger partial charge in [-0.05, 0) is 31.0 Å². The number of nitrogens with two attached hydrogens (primary N) is 1. The van der Waals surface area contributed by atoms with E-state index in [-0.39, 0.29) is 11.9 Å². The molecule has 0 spiro atoms. The highest BCUT2D eigenvalue weighted by Crippen LogP contribution is 2.16. The second-order valence-corrected chi connectivity index (χ2v) is 5.74. The van der Waals surface area contributed by atoms with Crippen molar-refractivity contribution in [3.8, 4) is 5.69 Å². The van der Waals surface area contributed by atoms with Crippen LogP contribution in [-0.2, 0) is 0 Å². The van der Waals surface area contributed by atoms with E-state index in [0.29, 0.717) is 17.1 Å². The summed E-state index contributed by atoms with van der Waals surface area (Å²) in [7, 11) is 0. The van der Waals surface area contributed by atoms with Crippen LogP contribution in [0.2, 0.25) is 5.02 Å². The third kappa shape index (κ3) is 3.09. The maximum Gasteiger partial charge on any atom is 0.257 e. The van der Waals surface area contributed by atoms with Gasteiger partial charge in [0.1, 0.15) is 0 Å². The SMILES string of the molecule is NC1CCCN(C(=O)c2cnn(-c3cccc(Cl)c3)c2)C1. The molecule has 1 aliphatic heterocycles. The smallest absolute Gasteiger partial charge is 0.257 e. The van der Waals surface area contributed by atoms with Crippen LogP contribution < -0.4 is 5.73 Å². The Morgan fingerprint density at radius 2 is 2.29 bits per heavy atom. The van der Waals surface area contributed by atoms with Crippen LogP contribution in [-0.4, -0.2) is 39.7 Å². The van der Waals surface area contributed by atoms with Crippen molar-refractivity contribution >= 4 is 17.5 Å². The summed E-state index contributed by atoms with van der Waals surface area (Å²) < 4.78 is 1.66. The quantitative estimate of drug-likeness (QED) is 0.924. The second kappa shape index (κ2) is 5.87. The van der Waals surface area contributed by atoms with Gasteiger partial charge in [-0.3, -0.25) is 4.79 Å². The van der Waals surface area contributed by atoms with Crippen LogP contribution in [0.3, 0.4) is 0 Å². The highest BCUT2D eigenvalue weighted by molar-refractivity contribution is 6.30. The molecule has 0 radical (unpaired) electrons. The number of piperidine rings is 1. The Kier molecular flexibility index (Phi) is 3.94. The van der Waals surface area contributed by atoms with Crippen molar-refractivity contribution in [2.24, 2.45) is 5.73 Å². The third-order valence-electron chi connectivity index (χ3n) is 3.65. The lowest BCUT2D eigenvalue weighted by molar-refractivity contribution is 0.0709. The minimum absolute atomic E-state index is 0.0153. The monoisotopic (exact) mass is 304 g/mol. The number of halogens is 1. The summed E-state index contributed by atoms with van der Waals surface area (Å²) in [5.74, 6) is -0.0153. The summed E-state index contributed by atoms with van der Waals surface area (Å²) in [4.78, 5) is 14.2. The zero-order valence-electron chi connectivity index (χ0n) is 11.6. The molecule has 1 aromatic heterocycles. The topological polar surface area (TPSA) is 64.2 Å². The first-order chi connectivity index (χ1) is 10.1. The van der Waals surface area contributed by atoms with E-state index in [1.54, 1.807) is 34.1 Å². The molecule has 1 aliphatic rings. The number of hydrogen-bond acceptors (Lipinski definition) is 3. The van der Waals surface area contributed by atoms with Gasteiger partial charge in [0.05, 0.1) is 17.4 Å². The molecule has 1 aromatic carbocycles. The van der Waals surface area contributed by atoms with Crippen molar-refractivity contribution in [3.63, 3.8) is 0 Å². The first-order valence-electron chi connectivity index (χ1n) is 6.99. The Hall–Kier alpha value is -1.85. The lowest BCUT2D eigenvalue weighted by Gasteiger charge is -2.30. The first-order valence-corrected chi connectivity index (χ1v) is 7.37. The largest absolute Gasteiger partial charge is 0.337 e. The summed E-state index contributed by atoms with van der Waals surface area (Å²) in [6.45, 7) is 1.37. The Balaban J connectivity index is 1.80. The zero-order chi connectivity index (χ0) is 14.8. The second-order valence-electron chi connectivity index (χ2n) is 5.31. The van der Waals surface area contributed by atoms with E-state index in [2.05, 4.69) is 5.10 Å². The van der Waals surface area contributed by atoms with E-state index in [1.807, 2.05) is 12.1 Å². The van der Waals surface area contributed by atoms with E-state index in [0.717, 1.165) is 25.1 Å². The van der Waals surface area contributed by atoms with Crippen LogP contribution in [0, 0.1) is 0 Å². The number of carbonyl (C=O) groups is 1. The molecular weight excluding hydrogens is 288 g/mol. The van der Waals surface area contributed by atoms with Crippen LogP contribution in [0.15, 0.2) is 36.7 Å². The summed E-state index contributed by atoms with van der Waals surface area (Å²) in [6, 6.07) is 7.43. The normalized spacial score (nSPS) is 18.8. The molecule has 2 N–H and O–H groups in total. The number of nitrogens with zero attached hydrogens (tertiary/aromatic N) is 3. The van der Waals surface area contributed by atoms with Gasteiger partial charge in [-0.1, -0.05) is 17.7 Å².